The van der Waals surface area contributed by atoms with Gasteiger partial charge in [0.15, 0.2) is 17.3 Å². The number of fused-ring (bicyclic) bond motifs is 1. The van der Waals surface area contributed by atoms with Crippen LogP contribution in [0.1, 0.15) is 41.6 Å². The molecule has 0 aliphatic carbocycles. The van der Waals surface area contributed by atoms with Gasteiger partial charge in [0, 0.05) is 24.2 Å². The maximum absolute atomic E-state index is 13.1. The van der Waals surface area contributed by atoms with Gasteiger partial charge >= 0.3 is 0 Å². The van der Waals surface area contributed by atoms with Gasteiger partial charge in [0.2, 0.25) is 0 Å². The second-order valence-corrected chi connectivity index (χ2v) is 7.31. The smallest absolute Gasteiger partial charge is 0.182 e. The molecule has 5 heteroatoms. The zero-order valence-corrected chi connectivity index (χ0v) is 16.3. The van der Waals surface area contributed by atoms with Crippen molar-refractivity contribution in [3.8, 4) is 11.5 Å². The lowest BCUT2D eigenvalue weighted by Crippen LogP contribution is -2.36. The molecule has 146 valence electrons. The van der Waals surface area contributed by atoms with E-state index in [2.05, 4.69) is 36.1 Å². The first-order valence-corrected chi connectivity index (χ1v) is 10.0. The van der Waals surface area contributed by atoms with Crippen LogP contribution in [0.4, 0.5) is 5.69 Å². The third-order valence-electron chi connectivity index (χ3n) is 5.18. The van der Waals surface area contributed by atoms with E-state index < -0.39 is 0 Å². The predicted octanol–water partition coefficient (Wildman–Crippen LogP) is 4.43. The van der Waals surface area contributed by atoms with Gasteiger partial charge in [-0.05, 0) is 50.1 Å². The topological polar surface area (TPSA) is 51.1 Å². The number of ether oxygens (including phenoxy) is 2. The lowest BCUT2D eigenvalue weighted by atomic mass is 10.1. The highest BCUT2D eigenvalue weighted by Gasteiger charge is 2.21. The summed E-state index contributed by atoms with van der Waals surface area (Å²) >= 11 is 0. The molecule has 4 rings (SSSR count). The molecular weight excluding hydrogens is 352 g/mol. The van der Waals surface area contributed by atoms with Crippen molar-refractivity contribution in [1.82, 2.24) is 0 Å². The van der Waals surface area contributed by atoms with Gasteiger partial charge in [-0.15, -0.1) is 0 Å². The van der Waals surface area contributed by atoms with Gasteiger partial charge < -0.3 is 14.4 Å². The van der Waals surface area contributed by atoms with Crippen molar-refractivity contribution < 1.29 is 14.3 Å². The molecule has 0 saturated heterocycles. The molecule has 0 unspecified atom stereocenters. The fraction of sp³-hybridized carbons (Fsp3) is 0.391. The Balaban J connectivity index is 1.60. The molecule has 28 heavy (non-hydrogen) atoms. The average Bonchev–Trinajstić information content (AvgIpc) is 3.01. The lowest BCUT2D eigenvalue weighted by Gasteiger charge is -2.26. The quantitative estimate of drug-likeness (QED) is 0.739. The molecule has 0 aromatic heterocycles. The first-order valence-electron chi connectivity index (χ1n) is 10.0. The Morgan fingerprint density at radius 3 is 2.61 bits per heavy atom. The first-order chi connectivity index (χ1) is 13.7. The summed E-state index contributed by atoms with van der Waals surface area (Å²) in [6.07, 6.45) is 4.31. The highest BCUT2D eigenvalue weighted by atomic mass is 16.6. The third-order valence-corrected chi connectivity index (χ3v) is 5.18. The summed E-state index contributed by atoms with van der Waals surface area (Å²) in [5, 5.41) is 0. The standard InChI is InChI=1S/C23H26N2O3/c1-17-6-9-19(10-7-17)25(23-5-3-2-4-12-24-23)16-20(26)18-8-11-21-22(15-18)28-14-13-27-21/h6-11,15H,2-5,12-14,16H2,1H3. The Morgan fingerprint density at radius 2 is 1.79 bits per heavy atom. The summed E-state index contributed by atoms with van der Waals surface area (Å²) in [4.78, 5) is 20.0. The number of aliphatic imine (C=N–C) groups is 1. The van der Waals surface area contributed by atoms with E-state index in [0.717, 1.165) is 37.3 Å². The Labute approximate surface area is 166 Å². The molecule has 0 fully saturated rings. The Hall–Kier alpha value is -2.82. The molecule has 0 radical (unpaired) electrons. The molecule has 5 nitrogen and oxygen atoms in total. The molecule has 2 aromatic carbocycles. The van der Waals surface area contributed by atoms with E-state index in [0.29, 0.717) is 30.3 Å². The van der Waals surface area contributed by atoms with Gasteiger partial charge in [-0.2, -0.15) is 0 Å². The molecule has 0 spiro atoms. The van der Waals surface area contributed by atoms with Gasteiger partial charge in [0.1, 0.15) is 19.0 Å². The van der Waals surface area contributed by atoms with Gasteiger partial charge in [-0.25, -0.2) is 0 Å². The van der Waals surface area contributed by atoms with Crippen LogP contribution in [0.25, 0.3) is 0 Å². The highest BCUT2D eigenvalue weighted by Crippen LogP contribution is 2.31. The fourth-order valence-electron chi connectivity index (χ4n) is 3.59. The number of ketones is 1. The number of aryl methyl sites for hydroxylation is 1. The molecule has 2 aliphatic rings. The van der Waals surface area contributed by atoms with Crippen LogP contribution in [-0.4, -0.2) is 37.9 Å². The summed E-state index contributed by atoms with van der Waals surface area (Å²) in [5.74, 6) is 2.40. The summed E-state index contributed by atoms with van der Waals surface area (Å²) < 4.78 is 11.2. The van der Waals surface area contributed by atoms with Crippen molar-refractivity contribution in [2.24, 2.45) is 4.99 Å². The third kappa shape index (κ3) is 4.19. The van der Waals surface area contributed by atoms with Crippen LogP contribution in [-0.2, 0) is 0 Å². The number of Topliss-reactive ketones (excluding diaryl/α,β-unsaturated/α-hetero) is 1. The second-order valence-electron chi connectivity index (χ2n) is 7.31. The Bertz CT molecular complexity index is 874. The summed E-state index contributed by atoms with van der Waals surface area (Å²) in [6.45, 7) is 4.22. The fourth-order valence-corrected chi connectivity index (χ4v) is 3.59. The predicted molar refractivity (Wildman–Crippen MR) is 111 cm³/mol. The number of benzene rings is 2. The van der Waals surface area contributed by atoms with Crippen molar-refractivity contribution in [1.29, 1.82) is 0 Å². The summed E-state index contributed by atoms with van der Waals surface area (Å²) in [7, 11) is 0. The number of nitrogens with zero attached hydrogens (tertiary/aromatic N) is 2. The van der Waals surface area contributed by atoms with Crippen LogP contribution >= 0.6 is 0 Å². The molecular formula is C23H26N2O3. The van der Waals surface area contributed by atoms with Crippen molar-refractivity contribution >= 4 is 17.3 Å². The van der Waals surface area contributed by atoms with Gasteiger partial charge in [0.25, 0.3) is 0 Å². The minimum atomic E-state index is 0.0458. The van der Waals surface area contributed by atoms with Crippen molar-refractivity contribution in [2.75, 3.05) is 31.2 Å². The Morgan fingerprint density at radius 1 is 1.00 bits per heavy atom. The molecule has 2 aromatic rings. The minimum Gasteiger partial charge on any atom is -0.486 e. The van der Waals surface area contributed by atoms with Crippen LogP contribution in [0.2, 0.25) is 0 Å². The monoisotopic (exact) mass is 378 g/mol. The van der Waals surface area contributed by atoms with E-state index in [-0.39, 0.29) is 12.3 Å². The number of carbonyl (C=O) groups excluding carboxylic acids is 1. The van der Waals surface area contributed by atoms with E-state index in [9.17, 15) is 4.79 Å². The van der Waals surface area contributed by atoms with Crippen LogP contribution < -0.4 is 14.4 Å². The average molecular weight is 378 g/mol. The molecule has 0 bridgehead atoms. The van der Waals surface area contributed by atoms with E-state index in [1.54, 1.807) is 6.07 Å². The SMILES string of the molecule is Cc1ccc(N(CC(=O)c2ccc3c(c2)OCCO3)C2=NCCCCC2)cc1. The molecule has 2 heterocycles. The van der Waals surface area contributed by atoms with E-state index >= 15 is 0 Å². The van der Waals surface area contributed by atoms with Gasteiger partial charge in [-0.3, -0.25) is 9.79 Å². The number of carbonyl (C=O) groups is 1. The van der Waals surface area contributed by atoms with Gasteiger partial charge in [0.05, 0.1) is 6.54 Å². The molecule has 0 N–H and O–H groups in total. The number of hydrogen-bond donors (Lipinski definition) is 0. The van der Waals surface area contributed by atoms with Gasteiger partial charge in [-0.1, -0.05) is 24.1 Å². The number of rotatable bonds is 4. The molecule has 0 amide bonds. The van der Waals surface area contributed by atoms with Crippen molar-refractivity contribution in [2.45, 2.75) is 32.6 Å². The van der Waals surface area contributed by atoms with Crippen LogP contribution in [0, 0.1) is 6.92 Å². The first kappa shape index (κ1) is 18.5. The summed E-state index contributed by atoms with van der Waals surface area (Å²) in [5.41, 5.74) is 2.84. The maximum atomic E-state index is 13.1. The number of hydrogen-bond acceptors (Lipinski definition) is 5. The maximum Gasteiger partial charge on any atom is 0.182 e. The lowest BCUT2D eigenvalue weighted by molar-refractivity contribution is 0.100. The molecule has 0 atom stereocenters. The summed E-state index contributed by atoms with van der Waals surface area (Å²) in [6, 6.07) is 13.7. The largest absolute Gasteiger partial charge is 0.486 e. The van der Waals surface area contributed by atoms with Crippen LogP contribution in [0.15, 0.2) is 47.5 Å². The zero-order chi connectivity index (χ0) is 19.3. The van der Waals surface area contributed by atoms with Crippen LogP contribution in [0.3, 0.4) is 0 Å². The minimum absolute atomic E-state index is 0.0458. The van der Waals surface area contributed by atoms with E-state index in [1.807, 2.05) is 12.1 Å². The van der Waals surface area contributed by atoms with E-state index in [1.165, 1.54) is 12.0 Å². The number of amidine groups is 1. The zero-order valence-electron chi connectivity index (χ0n) is 16.3. The van der Waals surface area contributed by atoms with Crippen molar-refractivity contribution in [3.63, 3.8) is 0 Å². The van der Waals surface area contributed by atoms with Crippen molar-refractivity contribution in [3.05, 3.63) is 53.6 Å². The molecule has 2 aliphatic heterocycles. The molecule has 0 saturated carbocycles. The number of anilines is 1. The Kier molecular flexibility index (Phi) is 5.60. The normalized spacial score (nSPS) is 16.1. The van der Waals surface area contributed by atoms with Crippen LogP contribution in [0.5, 0.6) is 11.5 Å². The second kappa shape index (κ2) is 8.46. The van der Waals surface area contributed by atoms with E-state index in [4.69, 9.17) is 14.5 Å². The highest BCUT2D eigenvalue weighted by molar-refractivity contribution is 6.07.